The first-order valence-electron chi connectivity index (χ1n) is 3.01. The molecule has 0 aliphatic carbocycles. The Labute approximate surface area is 78.7 Å². The van der Waals surface area contributed by atoms with Crippen LogP contribution in [0.1, 0.15) is 5.56 Å². The quantitative estimate of drug-likeness (QED) is 0.748. The molecule has 0 aromatic carbocycles. The number of halogens is 2. The van der Waals surface area contributed by atoms with Gasteiger partial charge in [0.1, 0.15) is 5.02 Å². The van der Waals surface area contributed by atoms with Gasteiger partial charge in [0.2, 0.25) is 5.88 Å². The Morgan fingerprint density at radius 1 is 1.64 bits per heavy atom. The van der Waals surface area contributed by atoms with E-state index in [0.29, 0.717) is 10.9 Å². The second kappa shape index (κ2) is 3.41. The first kappa shape index (κ1) is 8.81. The standard InChI is InChI=1S/C7H7BrClNO/c1-4-3-10-7(11-2)6(9)5(4)8/h3H,1-2H3. The topological polar surface area (TPSA) is 22.1 Å². The van der Waals surface area contributed by atoms with Crippen LogP contribution < -0.4 is 4.74 Å². The van der Waals surface area contributed by atoms with E-state index in [-0.39, 0.29) is 0 Å². The van der Waals surface area contributed by atoms with Crippen LogP contribution in [0.4, 0.5) is 0 Å². The molecule has 4 heteroatoms. The molecule has 1 aromatic rings. The molecule has 0 aliphatic heterocycles. The third-order valence-electron chi connectivity index (χ3n) is 1.30. The van der Waals surface area contributed by atoms with E-state index < -0.39 is 0 Å². The Kier molecular flexibility index (Phi) is 2.73. The summed E-state index contributed by atoms with van der Waals surface area (Å²) in [6.07, 6.45) is 1.70. The second-order valence-corrected chi connectivity index (χ2v) is 3.25. The van der Waals surface area contributed by atoms with Crippen LogP contribution in [0.15, 0.2) is 10.7 Å². The molecule has 1 heterocycles. The lowest BCUT2D eigenvalue weighted by Crippen LogP contribution is -1.90. The van der Waals surface area contributed by atoms with Crippen LogP contribution in [0, 0.1) is 6.92 Å². The monoisotopic (exact) mass is 235 g/mol. The third-order valence-corrected chi connectivity index (χ3v) is 2.90. The highest BCUT2D eigenvalue weighted by molar-refractivity contribution is 9.10. The fourth-order valence-corrected chi connectivity index (χ4v) is 1.23. The van der Waals surface area contributed by atoms with E-state index in [1.165, 1.54) is 7.11 Å². The summed E-state index contributed by atoms with van der Waals surface area (Å²) in [4.78, 5) is 3.97. The number of hydrogen-bond acceptors (Lipinski definition) is 2. The number of aryl methyl sites for hydroxylation is 1. The van der Waals surface area contributed by atoms with E-state index in [1.807, 2.05) is 6.92 Å². The van der Waals surface area contributed by atoms with Gasteiger partial charge in [-0.05, 0) is 28.4 Å². The molecule has 0 N–H and O–H groups in total. The molecule has 0 unspecified atom stereocenters. The number of rotatable bonds is 1. The Balaban J connectivity index is 3.25. The lowest BCUT2D eigenvalue weighted by molar-refractivity contribution is 0.397. The molecule has 0 atom stereocenters. The Morgan fingerprint density at radius 3 is 2.82 bits per heavy atom. The van der Waals surface area contributed by atoms with Crippen LogP contribution in [-0.4, -0.2) is 12.1 Å². The van der Waals surface area contributed by atoms with Crippen molar-refractivity contribution < 1.29 is 4.74 Å². The van der Waals surface area contributed by atoms with E-state index in [2.05, 4.69) is 20.9 Å². The number of ether oxygens (including phenoxy) is 1. The molecular weight excluding hydrogens is 229 g/mol. The molecule has 0 saturated carbocycles. The summed E-state index contributed by atoms with van der Waals surface area (Å²) in [5.41, 5.74) is 0.996. The van der Waals surface area contributed by atoms with E-state index >= 15 is 0 Å². The van der Waals surface area contributed by atoms with Crippen molar-refractivity contribution in [2.75, 3.05) is 7.11 Å². The Morgan fingerprint density at radius 2 is 2.27 bits per heavy atom. The van der Waals surface area contributed by atoms with Gasteiger partial charge in [0.05, 0.1) is 7.11 Å². The van der Waals surface area contributed by atoms with Gasteiger partial charge in [-0.3, -0.25) is 0 Å². The van der Waals surface area contributed by atoms with Crippen molar-refractivity contribution in [1.82, 2.24) is 4.98 Å². The van der Waals surface area contributed by atoms with E-state index in [9.17, 15) is 0 Å². The first-order valence-corrected chi connectivity index (χ1v) is 4.18. The van der Waals surface area contributed by atoms with Crippen molar-refractivity contribution in [3.63, 3.8) is 0 Å². The highest BCUT2D eigenvalue weighted by Crippen LogP contribution is 2.31. The minimum absolute atomic E-state index is 0.448. The summed E-state index contributed by atoms with van der Waals surface area (Å²) in [5, 5.41) is 0.521. The predicted molar refractivity (Wildman–Crippen MR) is 48.2 cm³/mol. The average molecular weight is 236 g/mol. The van der Waals surface area contributed by atoms with Gasteiger partial charge in [-0.1, -0.05) is 11.6 Å². The van der Waals surface area contributed by atoms with Gasteiger partial charge in [0.15, 0.2) is 0 Å². The molecular formula is C7H7BrClNO. The molecule has 0 aliphatic rings. The molecule has 2 nitrogen and oxygen atoms in total. The minimum atomic E-state index is 0.448. The van der Waals surface area contributed by atoms with Gasteiger partial charge in [-0.25, -0.2) is 4.98 Å². The molecule has 1 rings (SSSR count). The van der Waals surface area contributed by atoms with Crippen molar-refractivity contribution in [2.24, 2.45) is 0 Å². The van der Waals surface area contributed by atoms with Crippen molar-refractivity contribution in [1.29, 1.82) is 0 Å². The zero-order valence-electron chi connectivity index (χ0n) is 6.19. The SMILES string of the molecule is COc1ncc(C)c(Br)c1Cl. The van der Waals surface area contributed by atoms with Gasteiger partial charge < -0.3 is 4.74 Å². The maximum Gasteiger partial charge on any atom is 0.233 e. The number of hydrogen-bond donors (Lipinski definition) is 0. The summed E-state index contributed by atoms with van der Waals surface area (Å²) in [5.74, 6) is 0.448. The predicted octanol–water partition coefficient (Wildman–Crippen LogP) is 2.81. The summed E-state index contributed by atoms with van der Waals surface area (Å²) in [7, 11) is 1.54. The number of pyridine rings is 1. The summed E-state index contributed by atoms with van der Waals surface area (Å²) in [6.45, 7) is 1.92. The zero-order valence-corrected chi connectivity index (χ0v) is 8.53. The molecule has 60 valence electrons. The second-order valence-electron chi connectivity index (χ2n) is 2.08. The number of aromatic nitrogens is 1. The average Bonchev–Trinajstić information content (AvgIpc) is 2.01. The fourth-order valence-electron chi connectivity index (χ4n) is 0.678. The van der Waals surface area contributed by atoms with Gasteiger partial charge in [-0.2, -0.15) is 0 Å². The molecule has 11 heavy (non-hydrogen) atoms. The normalized spacial score (nSPS) is 9.82. The molecule has 0 amide bonds. The molecule has 0 bridgehead atoms. The van der Waals surface area contributed by atoms with Crippen LogP contribution in [0.5, 0.6) is 5.88 Å². The van der Waals surface area contributed by atoms with Crippen LogP contribution in [-0.2, 0) is 0 Å². The highest BCUT2D eigenvalue weighted by atomic mass is 79.9. The molecule has 0 radical (unpaired) electrons. The van der Waals surface area contributed by atoms with Gasteiger partial charge in [-0.15, -0.1) is 0 Å². The summed E-state index contributed by atoms with van der Waals surface area (Å²) in [6, 6.07) is 0. The smallest absolute Gasteiger partial charge is 0.233 e. The first-order chi connectivity index (χ1) is 5.16. The summed E-state index contributed by atoms with van der Waals surface area (Å²) < 4.78 is 5.75. The lowest BCUT2D eigenvalue weighted by Gasteiger charge is -2.04. The van der Waals surface area contributed by atoms with Crippen molar-refractivity contribution in [3.05, 3.63) is 21.3 Å². The highest BCUT2D eigenvalue weighted by Gasteiger charge is 2.07. The molecule has 0 saturated heterocycles. The lowest BCUT2D eigenvalue weighted by atomic mass is 10.3. The van der Waals surface area contributed by atoms with Crippen LogP contribution >= 0.6 is 27.5 Å². The number of methoxy groups -OCH3 is 1. The van der Waals surface area contributed by atoms with E-state index in [0.717, 1.165) is 10.0 Å². The van der Waals surface area contributed by atoms with E-state index in [4.69, 9.17) is 16.3 Å². The van der Waals surface area contributed by atoms with Crippen LogP contribution in [0.2, 0.25) is 5.02 Å². The minimum Gasteiger partial charge on any atom is -0.480 e. The Hall–Kier alpha value is -0.280. The zero-order chi connectivity index (χ0) is 8.43. The van der Waals surface area contributed by atoms with Crippen molar-refractivity contribution in [3.8, 4) is 5.88 Å². The molecule has 0 fully saturated rings. The van der Waals surface area contributed by atoms with Gasteiger partial charge in [0.25, 0.3) is 0 Å². The number of nitrogens with zero attached hydrogens (tertiary/aromatic N) is 1. The van der Waals surface area contributed by atoms with Gasteiger partial charge in [0, 0.05) is 10.7 Å². The third kappa shape index (κ3) is 1.65. The summed E-state index contributed by atoms with van der Waals surface area (Å²) >= 11 is 9.18. The molecule has 1 aromatic heterocycles. The van der Waals surface area contributed by atoms with E-state index in [1.54, 1.807) is 6.20 Å². The van der Waals surface area contributed by atoms with Crippen molar-refractivity contribution in [2.45, 2.75) is 6.92 Å². The fraction of sp³-hybridized carbons (Fsp3) is 0.286. The Bertz CT molecular complexity index is 277. The van der Waals surface area contributed by atoms with Crippen LogP contribution in [0.25, 0.3) is 0 Å². The van der Waals surface area contributed by atoms with Crippen molar-refractivity contribution >= 4 is 27.5 Å². The maximum absolute atomic E-state index is 5.86. The largest absolute Gasteiger partial charge is 0.480 e. The molecule has 0 spiro atoms. The maximum atomic E-state index is 5.86. The van der Waals surface area contributed by atoms with Crippen LogP contribution in [0.3, 0.4) is 0 Å². The van der Waals surface area contributed by atoms with Gasteiger partial charge >= 0.3 is 0 Å².